The van der Waals surface area contributed by atoms with Crippen molar-refractivity contribution in [1.29, 1.82) is 0 Å². The third-order valence-corrected chi connectivity index (χ3v) is 1.43. The second kappa shape index (κ2) is 5.45. The van der Waals surface area contributed by atoms with Crippen LogP contribution in [0.2, 0.25) is 0 Å². The van der Waals surface area contributed by atoms with Crippen molar-refractivity contribution in [3.63, 3.8) is 0 Å². The number of rotatable bonds is 5. The summed E-state index contributed by atoms with van der Waals surface area (Å²) in [6.45, 7) is 3.37. The van der Waals surface area contributed by atoms with Gasteiger partial charge in [0.2, 0.25) is 5.60 Å². The van der Waals surface area contributed by atoms with Crippen molar-refractivity contribution in [2.24, 2.45) is 5.73 Å². The zero-order chi connectivity index (χ0) is 12.1. The van der Waals surface area contributed by atoms with Crippen LogP contribution in [0.15, 0.2) is 0 Å². The van der Waals surface area contributed by atoms with Crippen LogP contribution in [0.1, 0.15) is 20.8 Å². The number of Topliss-reactive ketones (excluding diaryl/α,β-unsaturated/α-hetero) is 1. The van der Waals surface area contributed by atoms with Crippen LogP contribution < -0.4 is 5.73 Å². The van der Waals surface area contributed by atoms with Gasteiger partial charge in [-0.25, -0.2) is 4.79 Å². The normalized spacial score (nSPS) is 10.7. The van der Waals surface area contributed by atoms with E-state index in [-0.39, 0.29) is 18.9 Å². The van der Waals surface area contributed by atoms with Gasteiger partial charge in [0.1, 0.15) is 6.61 Å². The van der Waals surface area contributed by atoms with Crippen LogP contribution in [0, 0.1) is 0 Å². The third kappa shape index (κ3) is 5.11. The molecule has 0 saturated heterocycles. The summed E-state index contributed by atoms with van der Waals surface area (Å²) in [5.74, 6) is -1.77. The lowest BCUT2D eigenvalue weighted by Crippen LogP contribution is -2.40. The van der Waals surface area contributed by atoms with E-state index in [2.05, 4.69) is 4.74 Å². The number of hydrogen-bond donors (Lipinski definition) is 1. The van der Waals surface area contributed by atoms with E-state index in [1.165, 1.54) is 20.8 Å². The van der Waals surface area contributed by atoms with Crippen LogP contribution in [0.25, 0.3) is 0 Å². The fourth-order valence-corrected chi connectivity index (χ4v) is 0.709. The quantitative estimate of drug-likeness (QED) is 0.618. The van der Waals surface area contributed by atoms with Gasteiger partial charge in [0.15, 0.2) is 5.78 Å². The predicted molar refractivity (Wildman–Crippen MR) is 50.9 cm³/mol. The van der Waals surface area contributed by atoms with Crippen LogP contribution in [-0.4, -0.2) is 36.5 Å². The Morgan fingerprint density at radius 3 is 2.20 bits per heavy atom. The highest BCUT2D eigenvalue weighted by atomic mass is 16.6. The van der Waals surface area contributed by atoms with Gasteiger partial charge < -0.3 is 15.2 Å². The van der Waals surface area contributed by atoms with Crippen molar-refractivity contribution in [3.8, 4) is 0 Å². The molecule has 0 bridgehead atoms. The van der Waals surface area contributed by atoms with E-state index in [0.29, 0.717) is 0 Å². The second-order valence-corrected chi connectivity index (χ2v) is 3.47. The maximum Gasteiger partial charge on any atom is 0.350 e. The molecular formula is C9H15NO5. The summed E-state index contributed by atoms with van der Waals surface area (Å²) in [6, 6.07) is 0. The molecule has 0 atom stereocenters. The van der Waals surface area contributed by atoms with Gasteiger partial charge in [0.25, 0.3) is 0 Å². The third-order valence-electron chi connectivity index (χ3n) is 1.43. The van der Waals surface area contributed by atoms with Crippen molar-refractivity contribution in [2.45, 2.75) is 26.4 Å². The van der Waals surface area contributed by atoms with Crippen molar-refractivity contribution in [3.05, 3.63) is 0 Å². The molecule has 0 saturated carbocycles. The molecule has 6 nitrogen and oxygen atoms in total. The lowest BCUT2D eigenvalue weighted by Gasteiger charge is -2.22. The summed E-state index contributed by atoms with van der Waals surface area (Å²) < 4.78 is 9.34. The van der Waals surface area contributed by atoms with E-state index in [9.17, 15) is 14.4 Å². The SMILES string of the molecule is CC(=O)COC(=O)C(C)(C)OC(=O)CN. The fourth-order valence-electron chi connectivity index (χ4n) is 0.709. The number of nitrogens with two attached hydrogens (primary N) is 1. The van der Waals surface area contributed by atoms with Gasteiger partial charge >= 0.3 is 11.9 Å². The Bertz CT molecular complexity index is 272. The van der Waals surface area contributed by atoms with Gasteiger partial charge in [0, 0.05) is 0 Å². The zero-order valence-corrected chi connectivity index (χ0v) is 9.03. The molecule has 6 heteroatoms. The smallest absolute Gasteiger partial charge is 0.350 e. The molecule has 0 aliphatic heterocycles. The predicted octanol–water partition coefficient (Wildman–Crippen LogP) is -0.601. The molecule has 0 spiro atoms. The first-order chi connectivity index (χ1) is 6.79. The van der Waals surface area contributed by atoms with Crippen LogP contribution in [0.5, 0.6) is 0 Å². The molecule has 0 radical (unpaired) electrons. The van der Waals surface area contributed by atoms with E-state index >= 15 is 0 Å². The first kappa shape index (κ1) is 13.6. The average Bonchev–Trinajstić information content (AvgIpc) is 2.13. The Hall–Kier alpha value is -1.43. The molecule has 2 N–H and O–H groups in total. The molecule has 0 aliphatic carbocycles. The molecule has 15 heavy (non-hydrogen) atoms. The van der Waals surface area contributed by atoms with Crippen LogP contribution in [0.4, 0.5) is 0 Å². The summed E-state index contributed by atoms with van der Waals surface area (Å²) in [4.78, 5) is 32.7. The highest BCUT2D eigenvalue weighted by Gasteiger charge is 2.33. The van der Waals surface area contributed by atoms with E-state index in [1.54, 1.807) is 0 Å². The summed E-state index contributed by atoms with van der Waals surface area (Å²) in [5, 5.41) is 0. The minimum absolute atomic E-state index is 0.288. The standard InChI is InChI=1S/C9H15NO5/c1-6(11)5-14-8(13)9(2,3)15-7(12)4-10/h4-5,10H2,1-3H3. The Kier molecular flexibility index (Phi) is 4.93. The average molecular weight is 217 g/mol. The summed E-state index contributed by atoms with van der Waals surface area (Å²) in [5.41, 5.74) is 3.60. The summed E-state index contributed by atoms with van der Waals surface area (Å²) in [6.07, 6.45) is 0. The van der Waals surface area contributed by atoms with Crippen molar-refractivity contribution < 1.29 is 23.9 Å². The fraction of sp³-hybridized carbons (Fsp3) is 0.667. The monoisotopic (exact) mass is 217 g/mol. The topological polar surface area (TPSA) is 95.7 Å². The number of ether oxygens (including phenoxy) is 2. The molecule has 0 aromatic rings. The first-order valence-corrected chi connectivity index (χ1v) is 4.38. The largest absolute Gasteiger partial charge is 0.455 e. The minimum Gasteiger partial charge on any atom is -0.455 e. The first-order valence-electron chi connectivity index (χ1n) is 4.38. The number of hydrogen-bond acceptors (Lipinski definition) is 6. The molecule has 0 heterocycles. The molecule has 0 fully saturated rings. The molecule has 0 amide bonds. The van der Waals surface area contributed by atoms with Gasteiger partial charge in [-0.3, -0.25) is 9.59 Å². The zero-order valence-electron chi connectivity index (χ0n) is 9.03. The van der Waals surface area contributed by atoms with Crippen LogP contribution >= 0.6 is 0 Å². The van der Waals surface area contributed by atoms with Crippen molar-refractivity contribution >= 4 is 17.7 Å². The highest BCUT2D eigenvalue weighted by molar-refractivity contribution is 5.85. The van der Waals surface area contributed by atoms with E-state index in [1.807, 2.05) is 0 Å². The van der Waals surface area contributed by atoms with E-state index in [4.69, 9.17) is 10.5 Å². The van der Waals surface area contributed by atoms with Crippen molar-refractivity contribution in [2.75, 3.05) is 13.2 Å². The molecular weight excluding hydrogens is 202 g/mol. The summed E-state index contributed by atoms with van der Waals surface area (Å²) >= 11 is 0. The summed E-state index contributed by atoms with van der Waals surface area (Å²) in [7, 11) is 0. The van der Waals surface area contributed by atoms with E-state index in [0.717, 1.165) is 0 Å². The van der Waals surface area contributed by atoms with Gasteiger partial charge in [0.05, 0.1) is 6.54 Å². The number of esters is 2. The maximum absolute atomic E-state index is 11.3. The van der Waals surface area contributed by atoms with Crippen LogP contribution in [0.3, 0.4) is 0 Å². The Balaban J connectivity index is 4.25. The van der Waals surface area contributed by atoms with Gasteiger partial charge in [-0.1, -0.05) is 0 Å². The van der Waals surface area contributed by atoms with Gasteiger partial charge in [-0.2, -0.15) is 0 Å². The van der Waals surface area contributed by atoms with E-state index < -0.39 is 17.5 Å². The van der Waals surface area contributed by atoms with Crippen molar-refractivity contribution in [1.82, 2.24) is 0 Å². The molecule has 0 unspecified atom stereocenters. The molecule has 0 rings (SSSR count). The van der Waals surface area contributed by atoms with Gasteiger partial charge in [-0.05, 0) is 20.8 Å². The molecule has 0 aliphatic rings. The number of ketones is 1. The highest BCUT2D eigenvalue weighted by Crippen LogP contribution is 2.11. The number of carbonyl (C=O) groups excluding carboxylic acids is 3. The number of carbonyl (C=O) groups is 3. The lowest BCUT2D eigenvalue weighted by atomic mass is 10.1. The second-order valence-electron chi connectivity index (χ2n) is 3.47. The lowest BCUT2D eigenvalue weighted by molar-refractivity contribution is -0.178. The van der Waals surface area contributed by atoms with Crippen LogP contribution in [-0.2, 0) is 23.9 Å². The molecule has 0 aromatic heterocycles. The minimum atomic E-state index is -1.42. The Morgan fingerprint density at radius 2 is 1.80 bits per heavy atom. The Morgan fingerprint density at radius 1 is 1.27 bits per heavy atom. The maximum atomic E-state index is 11.3. The Labute approximate surface area is 87.7 Å². The molecule has 86 valence electrons. The molecule has 0 aromatic carbocycles. The van der Waals surface area contributed by atoms with Gasteiger partial charge in [-0.15, -0.1) is 0 Å².